The van der Waals surface area contributed by atoms with E-state index in [2.05, 4.69) is 5.32 Å². The summed E-state index contributed by atoms with van der Waals surface area (Å²) >= 11 is 0. The van der Waals surface area contributed by atoms with Crippen molar-refractivity contribution in [3.8, 4) is 11.5 Å². The van der Waals surface area contributed by atoms with Crippen LogP contribution in [0.15, 0.2) is 66.7 Å². The van der Waals surface area contributed by atoms with Gasteiger partial charge in [-0.15, -0.1) is 0 Å². The third kappa shape index (κ3) is 7.54. The number of carboxylic acids is 2. The minimum absolute atomic E-state index is 0.0257. The van der Waals surface area contributed by atoms with Crippen LogP contribution in [0.2, 0.25) is 0 Å². The molecule has 3 aromatic rings. The molecule has 0 spiro atoms. The molecule has 2 atom stereocenters. The Labute approximate surface area is 289 Å². The molecule has 3 aromatic carbocycles. The molecule has 5 rings (SSSR count). The highest BCUT2D eigenvalue weighted by atomic mass is 32.2. The highest BCUT2D eigenvalue weighted by Gasteiger charge is 2.52. The second-order valence-electron chi connectivity index (χ2n) is 14.6. The van der Waals surface area contributed by atoms with Gasteiger partial charge in [0.25, 0.3) is 0 Å². The predicted molar refractivity (Wildman–Crippen MR) is 186 cm³/mol. The number of aliphatic carboxylic acids is 2. The largest absolute Gasteiger partial charge is 0.548 e. The minimum Gasteiger partial charge on any atom is -0.548 e. The number of amides is 1. The van der Waals surface area contributed by atoms with Gasteiger partial charge in [-0.05, 0) is 59.4 Å². The fraction of sp³-hybridized carbons (Fsp3) is 0.462. The van der Waals surface area contributed by atoms with Crippen LogP contribution in [0.3, 0.4) is 0 Å². The van der Waals surface area contributed by atoms with Crippen LogP contribution < -0.4 is 15.2 Å². The number of para-hydroxylation sites is 2. The Morgan fingerprint density at radius 2 is 1.53 bits per heavy atom. The molecule has 0 saturated heterocycles. The second kappa shape index (κ2) is 14.4. The molecule has 1 aliphatic carbocycles. The van der Waals surface area contributed by atoms with Crippen molar-refractivity contribution >= 4 is 33.4 Å². The Morgan fingerprint density at radius 1 is 0.939 bits per heavy atom. The molecule has 1 heterocycles. The van der Waals surface area contributed by atoms with Gasteiger partial charge < -0.3 is 25.1 Å². The second-order valence-corrected chi connectivity index (χ2v) is 16.9. The Bertz CT molecular complexity index is 1780. The van der Waals surface area contributed by atoms with Crippen LogP contribution in [-0.4, -0.2) is 41.9 Å². The van der Waals surface area contributed by atoms with Crippen LogP contribution >= 0.6 is 0 Å². The van der Waals surface area contributed by atoms with Gasteiger partial charge in [-0.1, -0.05) is 108 Å². The summed E-state index contributed by atoms with van der Waals surface area (Å²) in [6.07, 6.45) is 3.89. The molecule has 0 bridgehead atoms. The van der Waals surface area contributed by atoms with Crippen molar-refractivity contribution in [2.24, 2.45) is 11.8 Å². The number of carboxylic acid groups (broad SMARTS) is 2. The molecule has 10 heteroatoms. The first kappa shape index (κ1) is 36.1. The monoisotopic (exact) mass is 688 g/mol. The van der Waals surface area contributed by atoms with Gasteiger partial charge in [0.1, 0.15) is 22.0 Å². The Morgan fingerprint density at radius 3 is 2.08 bits per heavy atom. The number of ether oxygens (including phenoxy) is 1. The average Bonchev–Trinajstić information content (AvgIpc) is 3.04. The van der Waals surface area contributed by atoms with Gasteiger partial charge in [0.2, 0.25) is 5.91 Å². The lowest BCUT2D eigenvalue weighted by Gasteiger charge is -2.44. The first-order chi connectivity index (χ1) is 23.1. The zero-order valence-electron chi connectivity index (χ0n) is 28.7. The summed E-state index contributed by atoms with van der Waals surface area (Å²) in [6.45, 7) is 7.68. The number of rotatable bonds is 12. The lowest BCUT2D eigenvalue weighted by Crippen LogP contribution is -2.61. The van der Waals surface area contributed by atoms with Crippen LogP contribution in [0.25, 0.3) is 0 Å². The minimum atomic E-state index is -4.67. The van der Waals surface area contributed by atoms with Gasteiger partial charge in [0.05, 0.1) is 5.97 Å². The Hall–Kier alpha value is -4.18. The van der Waals surface area contributed by atoms with Gasteiger partial charge >= 0.3 is 5.97 Å². The first-order valence-corrected chi connectivity index (χ1v) is 18.7. The van der Waals surface area contributed by atoms with Gasteiger partial charge in [0.15, 0.2) is 9.84 Å². The van der Waals surface area contributed by atoms with Crippen molar-refractivity contribution < 1.29 is 37.8 Å². The van der Waals surface area contributed by atoms with Crippen molar-refractivity contribution in [3.05, 3.63) is 89.0 Å². The first-order valence-electron chi connectivity index (χ1n) is 17.1. The van der Waals surface area contributed by atoms with E-state index in [-0.39, 0.29) is 42.4 Å². The molecule has 9 nitrogen and oxygen atoms in total. The van der Waals surface area contributed by atoms with Crippen LogP contribution in [0.5, 0.6) is 11.5 Å². The van der Waals surface area contributed by atoms with Crippen molar-refractivity contribution in [1.82, 2.24) is 0 Å². The molecule has 2 aliphatic rings. The van der Waals surface area contributed by atoms with E-state index in [1.165, 1.54) is 0 Å². The zero-order chi connectivity index (χ0) is 35.6. The van der Waals surface area contributed by atoms with E-state index in [9.17, 15) is 33.0 Å². The van der Waals surface area contributed by atoms with Gasteiger partial charge in [-0.3, -0.25) is 9.59 Å². The summed E-state index contributed by atoms with van der Waals surface area (Å²) in [7, 11) is -4.67. The summed E-state index contributed by atoms with van der Waals surface area (Å²) in [6, 6.07) is 20.8. The SMILES string of the molecule is CC(C1CCCCC1)C(CCc1ccc(C(C)(C)C)c(NC(=O)CC2c3ccccc3Oc3ccccc32)c1)(C(=O)[O-])S(=O)(=O)CC(=O)O. The maximum absolute atomic E-state index is 13.8. The summed E-state index contributed by atoms with van der Waals surface area (Å²) in [5.74, 6) is -4.75. The van der Waals surface area contributed by atoms with Gasteiger partial charge in [-0.2, -0.15) is 0 Å². The quantitative estimate of drug-likeness (QED) is 0.222. The molecule has 2 unspecified atom stereocenters. The lowest BCUT2D eigenvalue weighted by atomic mass is 9.73. The topological polar surface area (TPSA) is 150 Å². The number of aryl methyl sites for hydroxylation is 1. The third-order valence-electron chi connectivity index (χ3n) is 10.5. The average molecular weight is 689 g/mol. The smallest absolute Gasteiger partial charge is 0.318 e. The highest BCUT2D eigenvalue weighted by Crippen LogP contribution is 2.46. The van der Waals surface area contributed by atoms with Gasteiger partial charge in [0, 0.05) is 29.2 Å². The fourth-order valence-electron chi connectivity index (χ4n) is 7.84. The van der Waals surface area contributed by atoms with Crippen LogP contribution in [-0.2, 0) is 36.1 Å². The highest BCUT2D eigenvalue weighted by molar-refractivity contribution is 7.94. The van der Waals surface area contributed by atoms with E-state index < -0.39 is 38.2 Å². The molecular formula is C39H46NO8S-. The number of hydrogen-bond acceptors (Lipinski definition) is 7. The Kier molecular flexibility index (Phi) is 10.6. The standard InChI is InChI=1S/C39H47NO8S/c1-25(27-12-6-5-7-13-27)39(37(44)45,49(46,47)24-36(42)43)21-20-26-18-19-31(38(2,3)4)32(22-26)40-35(41)23-30-28-14-8-10-16-33(28)48-34-17-11-9-15-29(30)34/h8-11,14-19,22,25,27,30H,5-7,12-13,20-21,23-24H2,1-4H3,(H,40,41)(H,42,43)(H,44,45)/p-1. The van der Waals surface area contributed by atoms with E-state index in [1.54, 1.807) is 13.0 Å². The summed E-state index contributed by atoms with van der Waals surface area (Å²) < 4.78 is 31.1. The number of carbonyl (C=O) groups excluding carboxylic acids is 2. The molecule has 1 amide bonds. The van der Waals surface area contributed by atoms with Crippen molar-refractivity contribution in [3.63, 3.8) is 0 Å². The lowest BCUT2D eigenvalue weighted by molar-refractivity contribution is -0.311. The van der Waals surface area contributed by atoms with Crippen LogP contribution in [0, 0.1) is 11.8 Å². The van der Waals surface area contributed by atoms with Crippen molar-refractivity contribution in [2.75, 3.05) is 11.1 Å². The number of fused-ring (bicyclic) bond motifs is 2. The van der Waals surface area contributed by atoms with Crippen molar-refractivity contribution in [2.45, 2.75) is 95.1 Å². The van der Waals surface area contributed by atoms with Crippen molar-refractivity contribution in [1.29, 1.82) is 0 Å². The number of benzene rings is 3. The number of nitrogens with one attached hydrogen (secondary N) is 1. The van der Waals surface area contributed by atoms with E-state index in [4.69, 9.17) is 4.74 Å². The van der Waals surface area contributed by atoms with E-state index >= 15 is 0 Å². The molecule has 2 N–H and O–H groups in total. The predicted octanol–water partition coefficient (Wildman–Crippen LogP) is 6.39. The molecular weight excluding hydrogens is 642 g/mol. The third-order valence-corrected chi connectivity index (χ3v) is 12.9. The molecule has 0 radical (unpaired) electrons. The van der Waals surface area contributed by atoms with E-state index in [0.29, 0.717) is 35.6 Å². The molecule has 0 aromatic heterocycles. The number of hydrogen-bond donors (Lipinski definition) is 2. The fourth-order valence-corrected chi connectivity index (χ4v) is 9.85. The number of carbonyl (C=O) groups is 3. The Balaban J connectivity index is 1.45. The number of sulfone groups is 1. The van der Waals surface area contributed by atoms with Crippen LogP contribution in [0.4, 0.5) is 5.69 Å². The molecule has 262 valence electrons. The number of anilines is 1. The van der Waals surface area contributed by atoms with Crippen LogP contribution in [0.1, 0.15) is 101 Å². The molecule has 1 saturated carbocycles. The normalized spacial score (nSPS) is 17.1. The maximum atomic E-state index is 13.8. The zero-order valence-corrected chi connectivity index (χ0v) is 29.5. The molecule has 49 heavy (non-hydrogen) atoms. The van der Waals surface area contributed by atoms with E-state index in [1.807, 2.05) is 81.4 Å². The van der Waals surface area contributed by atoms with E-state index in [0.717, 1.165) is 36.0 Å². The van der Waals surface area contributed by atoms with Gasteiger partial charge in [-0.25, -0.2) is 8.42 Å². The summed E-state index contributed by atoms with van der Waals surface area (Å²) in [5, 5.41) is 25.6. The molecule has 1 fully saturated rings. The summed E-state index contributed by atoms with van der Waals surface area (Å²) in [4.78, 5) is 38.5. The summed E-state index contributed by atoms with van der Waals surface area (Å²) in [5.41, 5.74) is 3.49. The maximum Gasteiger partial charge on any atom is 0.318 e. The molecule has 1 aliphatic heterocycles.